The van der Waals surface area contributed by atoms with Crippen LogP contribution in [0, 0.1) is 0 Å². The molecule has 1 amide bonds. The molecule has 1 N–H and O–H groups in total. The number of ether oxygens (including phenoxy) is 1. The zero-order valence-corrected chi connectivity index (χ0v) is 15.6. The third kappa shape index (κ3) is 3.21. The molecule has 0 saturated heterocycles. The van der Waals surface area contributed by atoms with Crippen LogP contribution in [0.15, 0.2) is 67.0 Å². The Morgan fingerprint density at radius 2 is 1.89 bits per heavy atom. The molecule has 1 aliphatic carbocycles. The molecule has 5 nitrogen and oxygen atoms in total. The average molecular weight is 361 g/mol. The molecular weight excluding hydrogens is 338 g/mol. The van der Waals surface area contributed by atoms with Crippen LogP contribution in [0.2, 0.25) is 0 Å². The van der Waals surface area contributed by atoms with Gasteiger partial charge in [-0.2, -0.15) is 5.10 Å². The molecule has 3 aromatic rings. The average Bonchev–Trinajstić information content (AvgIpc) is 3.35. The fourth-order valence-corrected chi connectivity index (χ4v) is 3.57. The van der Waals surface area contributed by atoms with Crippen molar-refractivity contribution < 1.29 is 9.53 Å². The first-order valence-electron chi connectivity index (χ1n) is 9.18. The number of nitrogens with zero attached hydrogens (tertiary/aromatic N) is 2. The number of carbonyl (C=O) groups excluding carboxylic acids is 1. The van der Waals surface area contributed by atoms with Crippen molar-refractivity contribution in [3.63, 3.8) is 0 Å². The molecule has 27 heavy (non-hydrogen) atoms. The Kier molecular flexibility index (Phi) is 4.44. The first-order valence-corrected chi connectivity index (χ1v) is 9.18. The van der Waals surface area contributed by atoms with Gasteiger partial charge in [-0.15, -0.1) is 0 Å². The Morgan fingerprint density at radius 1 is 1.15 bits per heavy atom. The topological polar surface area (TPSA) is 56.1 Å². The lowest BCUT2D eigenvalue weighted by molar-refractivity contribution is -0.124. The molecule has 1 heterocycles. The van der Waals surface area contributed by atoms with Crippen LogP contribution in [0.3, 0.4) is 0 Å². The smallest absolute Gasteiger partial charge is 0.231 e. The maximum atomic E-state index is 13.1. The van der Waals surface area contributed by atoms with E-state index in [2.05, 4.69) is 10.4 Å². The lowest BCUT2D eigenvalue weighted by Gasteiger charge is -2.22. The second-order valence-electron chi connectivity index (χ2n) is 7.02. The largest absolute Gasteiger partial charge is 0.497 e. The SMILES string of the molecule is COc1ccc(C2(C(=O)NC(C)c3ccccc3-n3cccn3)CC2)cc1. The van der Waals surface area contributed by atoms with E-state index in [0.29, 0.717) is 0 Å². The second kappa shape index (κ2) is 6.91. The van der Waals surface area contributed by atoms with E-state index in [1.807, 2.05) is 72.4 Å². The molecule has 0 bridgehead atoms. The number of benzene rings is 2. The lowest BCUT2D eigenvalue weighted by Crippen LogP contribution is -2.36. The van der Waals surface area contributed by atoms with Crippen LogP contribution in [0.1, 0.15) is 36.9 Å². The molecule has 1 unspecified atom stereocenters. The Hall–Kier alpha value is -3.08. The van der Waals surface area contributed by atoms with Crippen molar-refractivity contribution in [3.05, 3.63) is 78.1 Å². The van der Waals surface area contributed by atoms with Crippen molar-refractivity contribution in [1.82, 2.24) is 15.1 Å². The molecule has 5 heteroatoms. The number of methoxy groups -OCH3 is 1. The van der Waals surface area contributed by atoms with Crippen LogP contribution in [-0.4, -0.2) is 22.8 Å². The van der Waals surface area contributed by atoms with Gasteiger partial charge in [0.15, 0.2) is 0 Å². The zero-order chi connectivity index (χ0) is 18.9. The molecule has 0 aliphatic heterocycles. The molecule has 0 radical (unpaired) electrons. The van der Waals surface area contributed by atoms with E-state index >= 15 is 0 Å². The summed E-state index contributed by atoms with van der Waals surface area (Å²) < 4.78 is 7.05. The zero-order valence-electron chi connectivity index (χ0n) is 15.6. The van der Waals surface area contributed by atoms with Crippen molar-refractivity contribution in [2.45, 2.75) is 31.2 Å². The number of carbonyl (C=O) groups is 1. The van der Waals surface area contributed by atoms with Crippen molar-refractivity contribution >= 4 is 5.91 Å². The van der Waals surface area contributed by atoms with Crippen molar-refractivity contribution in [3.8, 4) is 11.4 Å². The molecule has 1 aliphatic rings. The fraction of sp³-hybridized carbons (Fsp3) is 0.273. The number of rotatable bonds is 6. The van der Waals surface area contributed by atoms with E-state index in [1.165, 1.54) is 0 Å². The third-order valence-corrected chi connectivity index (χ3v) is 5.33. The van der Waals surface area contributed by atoms with Crippen molar-refractivity contribution in [2.24, 2.45) is 0 Å². The number of amides is 1. The van der Waals surface area contributed by atoms with Crippen LogP contribution in [0.4, 0.5) is 0 Å². The first kappa shape index (κ1) is 17.3. The van der Waals surface area contributed by atoms with Crippen LogP contribution < -0.4 is 10.1 Å². The number of hydrogen-bond donors (Lipinski definition) is 1. The summed E-state index contributed by atoms with van der Waals surface area (Å²) in [6.45, 7) is 2.02. The van der Waals surface area contributed by atoms with Gasteiger partial charge in [-0.3, -0.25) is 4.79 Å². The standard InChI is InChI=1S/C22H23N3O2/c1-16(19-6-3-4-7-20(19)25-15-5-14-23-25)24-21(26)22(12-13-22)17-8-10-18(27-2)11-9-17/h3-11,14-16H,12-13H2,1-2H3,(H,24,26). The number of hydrogen-bond acceptors (Lipinski definition) is 3. The summed E-state index contributed by atoms with van der Waals surface area (Å²) in [4.78, 5) is 13.1. The summed E-state index contributed by atoms with van der Waals surface area (Å²) in [5.74, 6) is 0.881. The maximum absolute atomic E-state index is 13.1. The first-order chi connectivity index (χ1) is 13.1. The minimum absolute atomic E-state index is 0.0791. The van der Waals surface area contributed by atoms with Crippen LogP contribution >= 0.6 is 0 Å². The number of aromatic nitrogens is 2. The molecule has 0 spiro atoms. The van der Waals surface area contributed by atoms with Gasteiger partial charge in [-0.1, -0.05) is 30.3 Å². The van der Waals surface area contributed by atoms with Gasteiger partial charge in [-0.25, -0.2) is 4.68 Å². The van der Waals surface area contributed by atoms with Crippen LogP contribution in [0.5, 0.6) is 5.75 Å². The van der Waals surface area contributed by atoms with E-state index in [4.69, 9.17) is 4.74 Å². The second-order valence-corrected chi connectivity index (χ2v) is 7.02. The summed E-state index contributed by atoms with van der Waals surface area (Å²) in [5.41, 5.74) is 2.65. The van der Waals surface area contributed by atoms with E-state index in [1.54, 1.807) is 13.3 Å². The normalized spacial score (nSPS) is 15.8. The molecule has 1 fully saturated rings. The highest BCUT2D eigenvalue weighted by molar-refractivity contribution is 5.91. The Bertz CT molecular complexity index is 928. The van der Waals surface area contributed by atoms with E-state index in [-0.39, 0.29) is 11.9 Å². The minimum atomic E-state index is -0.416. The van der Waals surface area contributed by atoms with E-state index in [0.717, 1.165) is 35.4 Å². The highest BCUT2D eigenvalue weighted by atomic mass is 16.5. The van der Waals surface area contributed by atoms with Crippen molar-refractivity contribution in [2.75, 3.05) is 7.11 Å². The number of nitrogens with one attached hydrogen (secondary N) is 1. The summed E-state index contributed by atoms with van der Waals surface area (Å²) in [5, 5.41) is 7.54. The molecule has 2 aromatic carbocycles. The molecule has 1 saturated carbocycles. The van der Waals surface area contributed by atoms with Gasteiger partial charge in [0.25, 0.3) is 0 Å². The van der Waals surface area contributed by atoms with Gasteiger partial charge in [0.1, 0.15) is 5.75 Å². The molecule has 1 aromatic heterocycles. The van der Waals surface area contributed by atoms with Crippen molar-refractivity contribution in [1.29, 1.82) is 0 Å². The Morgan fingerprint density at radius 3 is 2.52 bits per heavy atom. The predicted octanol–water partition coefficient (Wildman–Crippen LogP) is 3.79. The lowest BCUT2D eigenvalue weighted by atomic mass is 9.94. The van der Waals surface area contributed by atoms with E-state index < -0.39 is 5.41 Å². The molecule has 138 valence electrons. The van der Waals surface area contributed by atoms with Gasteiger partial charge in [0.05, 0.1) is 24.3 Å². The molecular formula is C22H23N3O2. The van der Waals surface area contributed by atoms with Crippen LogP contribution in [-0.2, 0) is 10.2 Å². The summed E-state index contributed by atoms with van der Waals surface area (Å²) >= 11 is 0. The summed E-state index contributed by atoms with van der Waals surface area (Å²) in [6, 6.07) is 17.6. The van der Waals surface area contributed by atoms with Gasteiger partial charge >= 0.3 is 0 Å². The van der Waals surface area contributed by atoms with Crippen LogP contribution in [0.25, 0.3) is 5.69 Å². The number of para-hydroxylation sites is 1. The molecule has 1 atom stereocenters. The highest BCUT2D eigenvalue weighted by Crippen LogP contribution is 2.49. The minimum Gasteiger partial charge on any atom is -0.497 e. The maximum Gasteiger partial charge on any atom is 0.231 e. The Balaban J connectivity index is 1.55. The van der Waals surface area contributed by atoms with Gasteiger partial charge in [-0.05, 0) is 55.2 Å². The summed E-state index contributed by atoms with van der Waals surface area (Å²) in [6.07, 6.45) is 5.41. The van der Waals surface area contributed by atoms with Gasteiger partial charge in [0, 0.05) is 12.4 Å². The monoisotopic (exact) mass is 361 g/mol. The van der Waals surface area contributed by atoms with E-state index in [9.17, 15) is 4.79 Å². The molecule has 4 rings (SSSR count). The van der Waals surface area contributed by atoms with Gasteiger partial charge < -0.3 is 10.1 Å². The fourth-order valence-electron chi connectivity index (χ4n) is 3.57. The quantitative estimate of drug-likeness (QED) is 0.727. The third-order valence-electron chi connectivity index (χ3n) is 5.33. The Labute approximate surface area is 159 Å². The highest BCUT2D eigenvalue weighted by Gasteiger charge is 2.51. The summed E-state index contributed by atoms with van der Waals surface area (Å²) in [7, 11) is 1.65. The predicted molar refractivity (Wildman–Crippen MR) is 104 cm³/mol. The van der Waals surface area contributed by atoms with Gasteiger partial charge in [0.2, 0.25) is 5.91 Å².